The van der Waals surface area contributed by atoms with Crippen molar-refractivity contribution in [2.75, 3.05) is 11.9 Å². The van der Waals surface area contributed by atoms with Crippen LogP contribution >= 0.6 is 0 Å². The lowest BCUT2D eigenvalue weighted by atomic mass is 10.3. The minimum absolute atomic E-state index is 0.239. The molecule has 0 aliphatic heterocycles. The zero-order valence-electron chi connectivity index (χ0n) is 10.7. The van der Waals surface area contributed by atoms with E-state index in [1.165, 1.54) is 6.20 Å². The third-order valence-electron chi connectivity index (χ3n) is 2.49. The van der Waals surface area contributed by atoms with Gasteiger partial charge in [-0.3, -0.25) is 9.78 Å². The van der Waals surface area contributed by atoms with Gasteiger partial charge in [0.15, 0.2) is 5.76 Å². The quantitative estimate of drug-likeness (QED) is 0.828. The molecule has 0 atom stereocenters. The highest BCUT2D eigenvalue weighted by molar-refractivity contribution is 5.92. The van der Waals surface area contributed by atoms with Crippen molar-refractivity contribution in [3.05, 3.63) is 42.0 Å². The van der Waals surface area contributed by atoms with E-state index in [1.54, 1.807) is 18.3 Å². The average Bonchev–Trinajstić information content (AvgIpc) is 2.96. The Kier molecular flexibility index (Phi) is 4.49. The SMILES string of the molecule is CCCNc1ccnc(C(=O)NCc2ccno2)c1. The highest BCUT2D eigenvalue weighted by atomic mass is 16.5. The normalized spacial score (nSPS) is 10.2. The molecular weight excluding hydrogens is 244 g/mol. The van der Waals surface area contributed by atoms with Gasteiger partial charge in [0.25, 0.3) is 5.91 Å². The molecule has 19 heavy (non-hydrogen) atoms. The van der Waals surface area contributed by atoms with Crippen LogP contribution in [0.15, 0.2) is 35.1 Å². The van der Waals surface area contributed by atoms with Gasteiger partial charge in [0, 0.05) is 24.5 Å². The molecule has 2 heterocycles. The highest BCUT2D eigenvalue weighted by Gasteiger charge is 2.08. The second-order valence-electron chi connectivity index (χ2n) is 4.02. The van der Waals surface area contributed by atoms with Gasteiger partial charge in [-0.15, -0.1) is 0 Å². The number of carbonyl (C=O) groups is 1. The Morgan fingerprint density at radius 3 is 3.00 bits per heavy atom. The maximum Gasteiger partial charge on any atom is 0.270 e. The van der Waals surface area contributed by atoms with Crippen LogP contribution in [0.5, 0.6) is 0 Å². The van der Waals surface area contributed by atoms with Gasteiger partial charge >= 0.3 is 0 Å². The molecule has 100 valence electrons. The van der Waals surface area contributed by atoms with E-state index < -0.39 is 0 Å². The van der Waals surface area contributed by atoms with Gasteiger partial charge in [-0.25, -0.2) is 0 Å². The molecule has 0 aromatic carbocycles. The van der Waals surface area contributed by atoms with E-state index >= 15 is 0 Å². The first-order valence-electron chi connectivity index (χ1n) is 6.17. The summed E-state index contributed by atoms with van der Waals surface area (Å²) in [5.41, 5.74) is 1.27. The Hall–Kier alpha value is -2.37. The number of carbonyl (C=O) groups excluding carboxylic acids is 1. The number of anilines is 1. The fourth-order valence-corrected chi connectivity index (χ4v) is 1.53. The second-order valence-corrected chi connectivity index (χ2v) is 4.02. The fraction of sp³-hybridized carbons (Fsp3) is 0.308. The number of hydrogen-bond acceptors (Lipinski definition) is 5. The molecule has 2 N–H and O–H groups in total. The highest BCUT2D eigenvalue weighted by Crippen LogP contribution is 2.08. The summed E-state index contributed by atoms with van der Waals surface area (Å²) in [5.74, 6) is 0.366. The van der Waals surface area contributed by atoms with Crippen molar-refractivity contribution < 1.29 is 9.32 Å². The van der Waals surface area contributed by atoms with Crippen LogP contribution in [0.25, 0.3) is 0 Å². The first-order chi connectivity index (χ1) is 9.29. The van der Waals surface area contributed by atoms with Crippen molar-refractivity contribution in [3.63, 3.8) is 0 Å². The van der Waals surface area contributed by atoms with Crippen molar-refractivity contribution in [3.8, 4) is 0 Å². The zero-order valence-corrected chi connectivity index (χ0v) is 10.7. The van der Waals surface area contributed by atoms with E-state index in [-0.39, 0.29) is 5.91 Å². The number of rotatable bonds is 6. The number of pyridine rings is 1. The van der Waals surface area contributed by atoms with E-state index in [2.05, 4.69) is 27.7 Å². The molecule has 6 nitrogen and oxygen atoms in total. The van der Waals surface area contributed by atoms with E-state index in [0.29, 0.717) is 18.0 Å². The molecule has 0 saturated carbocycles. The van der Waals surface area contributed by atoms with Crippen LogP contribution in [0.4, 0.5) is 5.69 Å². The molecule has 2 aromatic rings. The number of nitrogens with zero attached hydrogens (tertiary/aromatic N) is 2. The number of hydrogen-bond donors (Lipinski definition) is 2. The third-order valence-corrected chi connectivity index (χ3v) is 2.49. The second kappa shape index (κ2) is 6.53. The van der Waals surface area contributed by atoms with Gasteiger partial charge in [-0.05, 0) is 18.6 Å². The number of nitrogens with one attached hydrogen (secondary N) is 2. The Morgan fingerprint density at radius 2 is 2.26 bits per heavy atom. The number of aromatic nitrogens is 2. The zero-order chi connectivity index (χ0) is 13.5. The molecule has 0 aliphatic rings. The van der Waals surface area contributed by atoms with Crippen molar-refractivity contribution in [1.82, 2.24) is 15.5 Å². The Balaban J connectivity index is 1.94. The van der Waals surface area contributed by atoms with E-state index in [0.717, 1.165) is 18.7 Å². The molecule has 2 rings (SSSR count). The average molecular weight is 260 g/mol. The van der Waals surface area contributed by atoms with Crippen LogP contribution < -0.4 is 10.6 Å². The van der Waals surface area contributed by atoms with Gasteiger partial charge in [0.2, 0.25) is 0 Å². The van der Waals surface area contributed by atoms with Crippen molar-refractivity contribution in [1.29, 1.82) is 0 Å². The summed E-state index contributed by atoms with van der Waals surface area (Å²) in [5, 5.41) is 9.50. The van der Waals surface area contributed by atoms with Crippen LogP contribution in [-0.2, 0) is 6.54 Å². The minimum Gasteiger partial charge on any atom is -0.385 e. The maximum absolute atomic E-state index is 11.9. The monoisotopic (exact) mass is 260 g/mol. The predicted molar refractivity (Wildman–Crippen MR) is 70.7 cm³/mol. The Labute approximate surface area is 111 Å². The molecule has 0 saturated heterocycles. The van der Waals surface area contributed by atoms with Crippen LogP contribution in [0, 0.1) is 0 Å². The standard InChI is InChI=1S/C13H16N4O2/c1-2-5-14-10-3-6-15-12(8-10)13(18)16-9-11-4-7-17-19-11/h3-4,6-8H,2,5,9H2,1H3,(H,14,15)(H,16,18). The van der Waals surface area contributed by atoms with Gasteiger partial charge in [0.05, 0.1) is 12.7 Å². The first-order valence-corrected chi connectivity index (χ1v) is 6.17. The summed E-state index contributed by atoms with van der Waals surface area (Å²) in [6.45, 7) is 3.25. The summed E-state index contributed by atoms with van der Waals surface area (Å²) >= 11 is 0. The fourth-order valence-electron chi connectivity index (χ4n) is 1.53. The molecule has 0 bridgehead atoms. The summed E-state index contributed by atoms with van der Waals surface area (Å²) in [4.78, 5) is 16.0. The summed E-state index contributed by atoms with van der Waals surface area (Å²) in [6.07, 6.45) is 4.17. The van der Waals surface area contributed by atoms with Gasteiger partial charge in [0.1, 0.15) is 5.69 Å². The summed E-state index contributed by atoms with van der Waals surface area (Å²) in [6, 6.07) is 5.27. The van der Waals surface area contributed by atoms with E-state index in [1.807, 2.05) is 6.07 Å². The van der Waals surface area contributed by atoms with Gasteiger partial charge in [-0.2, -0.15) is 0 Å². The molecule has 0 unspecified atom stereocenters. The molecular formula is C13H16N4O2. The molecule has 0 radical (unpaired) electrons. The van der Waals surface area contributed by atoms with Crippen LogP contribution in [0.1, 0.15) is 29.6 Å². The van der Waals surface area contributed by atoms with Crippen molar-refractivity contribution in [2.45, 2.75) is 19.9 Å². The van der Waals surface area contributed by atoms with Crippen molar-refractivity contribution in [2.24, 2.45) is 0 Å². The molecule has 0 spiro atoms. The molecule has 6 heteroatoms. The molecule has 0 aliphatic carbocycles. The topological polar surface area (TPSA) is 80.0 Å². The van der Waals surface area contributed by atoms with Crippen LogP contribution in [-0.4, -0.2) is 22.6 Å². The largest absolute Gasteiger partial charge is 0.385 e. The smallest absolute Gasteiger partial charge is 0.270 e. The van der Waals surface area contributed by atoms with Crippen molar-refractivity contribution >= 4 is 11.6 Å². The van der Waals surface area contributed by atoms with Crippen LogP contribution in [0.2, 0.25) is 0 Å². The lowest BCUT2D eigenvalue weighted by molar-refractivity contribution is 0.0942. The molecule has 1 amide bonds. The number of amides is 1. The van der Waals surface area contributed by atoms with Crippen LogP contribution in [0.3, 0.4) is 0 Å². The lowest BCUT2D eigenvalue weighted by Crippen LogP contribution is -2.23. The first kappa shape index (κ1) is 13.1. The Bertz CT molecular complexity index is 525. The maximum atomic E-state index is 11.9. The van der Waals surface area contributed by atoms with Gasteiger partial charge < -0.3 is 15.2 Å². The third kappa shape index (κ3) is 3.80. The molecule has 0 fully saturated rings. The Morgan fingerprint density at radius 1 is 1.37 bits per heavy atom. The molecule has 2 aromatic heterocycles. The lowest BCUT2D eigenvalue weighted by Gasteiger charge is -2.06. The van der Waals surface area contributed by atoms with Gasteiger partial charge in [-0.1, -0.05) is 12.1 Å². The summed E-state index contributed by atoms with van der Waals surface area (Å²) < 4.78 is 4.90. The minimum atomic E-state index is -0.239. The van der Waals surface area contributed by atoms with E-state index in [9.17, 15) is 4.79 Å². The predicted octanol–water partition coefficient (Wildman–Crippen LogP) is 1.82. The summed E-state index contributed by atoms with van der Waals surface area (Å²) in [7, 11) is 0. The van der Waals surface area contributed by atoms with E-state index in [4.69, 9.17) is 4.52 Å².